The molecule has 2 rings (SSSR count). The maximum Gasteiger partial charge on any atom is 0.192 e. The monoisotopic (exact) mass is 224 g/mol. The lowest BCUT2D eigenvalue weighted by Crippen LogP contribution is -2.44. The summed E-state index contributed by atoms with van der Waals surface area (Å²) < 4.78 is 6.48. The van der Waals surface area contributed by atoms with Crippen molar-refractivity contribution in [2.45, 2.75) is 57.8 Å². The summed E-state index contributed by atoms with van der Waals surface area (Å²) >= 11 is 0. The second kappa shape index (κ2) is 3.46. The number of allylic oxidation sites excluding steroid dienone is 1. The normalized spacial score (nSPS) is 35.1. The summed E-state index contributed by atoms with van der Waals surface area (Å²) in [6.07, 6.45) is 7.91. The van der Waals surface area contributed by atoms with Crippen LogP contribution in [-0.2, 0) is 4.43 Å². The van der Waals surface area contributed by atoms with Crippen LogP contribution in [-0.4, -0.2) is 14.4 Å². The quantitative estimate of drug-likeness (QED) is 0.509. The molecule has 0 saturated heterocycles. The molecule has 0 radical (unpaired) electrons. The first kappa shape index (κ1) is 11.4. The highest BCUT2D eigenvalue weighted by Crippen LogP contribution is 2.45. The van der Waals surface area contributed by atoms with Crippen molar-refractivity contribution >= 4 is 8.32 Å². The molecule has 1 saturated carbocycles. The molecule has 0 heterocycles. The van der Waals surface area contributed by atoms with Crippen LogP contribution < -0.4 is 0 Å². The van der Waals surface area contributed by atoms with Gasteiger partial charge in [0.1, 0.15) is 0 Å². The molecule has 0 amide bonds. The zero-order valence-electron chi connectivity index (χ0n) is 10.7. The highest BCUT2D eigenvalue weighted by molar-refractivity contribution is 6.74. The standard InChI is InChI=1S/C13H24OSi/c1-13(2,3)15(4,5)14-12-9-10-6-7-11(12)8-10/h6-7,10-12H,8-9H2,1-5H3/t10-,11+,12+/m0/s1. The topological polar surface area (TPSA) is 9.23 Å². The average Bonchev–Trinajstić information content (AvgIpc) is 2.61. The molecule has 0 unspecified atom stereocenters. The van der Waals surface area contributed by atoms with E-state index in [1.165, 1.54) is 12.8 Å². The molecule has 0 spiro atoms. The number of rotatable bonds is 2. The van der Waals surface area contributed by atoms with Crippen LogP contribution in [0, 0.1) is 11.8 Å². The fourth-order valence-electron chi connectivity index (χ4n) is 2.42. The maximum absolute atomic E-state index is 6.48. The molecule has 0 N–H and O–H groups in total. The van der Waals surface area contributed by atoms with Crippen molar-refractivity contribution in [3.63, 3.8) is 0 Å². The van der Waals surface area contributed by atoms with Gasteiger partial charge in [-0.1, -0.05) is 32.9 Å². The van der Waals surface area contributed by atoms with E-state index < -0.39 is 8.32 Å². The third-order valence-corrected chi connectivity index (χ3v) is 8.97. The van der Waals surface area contributed by atoms with Crippen molar-refractivity contribution in [3.8, 4) is 0 Å². The number of fused-ring (bicyclic) bond motifs is 2. The summed E-state index contributed by atoms with van der Waals surface area (Å²) in [7, 11) is -1.54. The van der Waals surface area contributed by atoms with Gasteiger partial charge in [-0.3, -0.25) is 0 Å². The van der Waals surface area contributed by atoms with Gasteiger partial charge in [-0.2, -0.15) is 0 Å². The van der Waals surface area contributed by atoms with E-state index in [4.69, 9.17) is 4.43 Å². The Balaban J connectivity index is 2.01. The lowest BCUT2D eigenvalue weighted by molar-refractivity contribution is 0.155. The molecule has 0 aliphatic heterocycles. The largest absolute Gasteiger partial charge is 0.413 e. The second-order valence-corrected chi connectivity index (χ2v) is 11.5. The molecule has 86 valence electrons. The molecule has 1 fully saturated rings. The molecule has 15 heavy (non-hydrogen) atoms. The molecule has 1 nitrogen and oxygen atoms in total. The van der Waals surface area contributed by atoms with Gasteiger partial charge in [0, 0.05) is 5.92 Å². The summed E-state index contributed by atoms with van der Waals surface area (Å²) in [6, 6.07) is 0. The highest BCUT2D eigenvalue weighted by atomic mass is 28.4. The first-order valence-corrected chi connectivity index (χ1v) is 9.06. The molecule has 2 heteroatoms. The van der Waals surface area contributed by atoms with Crippen LogP contribution in [0.2, 0.25) is 18.1 Å². The lowest BCUT2D eigenvalue weighted by Gasteiger charge is -2.39. The number of hydrogen-bond donors (Lipinski definition) is 0. The van der Waals surface area contributed by atoms with Gasteiger partial charge in [0.2, 0.25) is 0 Å². The average molecular weight is 224 g/mol. The van der Waals surface area contributed by atoms with E-state index in [0.717, 1.165) is 11.8 Å². The van der Waals surface area contributed by atoms with Crippen LogP contribution in [0.4, 0.5) is 0 Å². The lowest BCUT2D eigenvalue weighted by atomic mass is 10.1. The molecular formula is C13H24OSi. The predicted molar refractivity (Wildman–Crippen MR) is 67.4 cm³/mol. The molecule has 2 bridgehead atoms. The Morgan fingerprint density at radius 2 is 1.80 bits per heavy atom. The summed E-state index contributed by atoms with van der Waals surface area (Å²) in [4.78, 5) is 0. The Labute approximate surface area is 95.0 Å². The van der Waals surface area contributed by atoms with Gasteiger partial charge >= 0.3 is 0 Å². The van der Waals surface area contributed by atoms with Gasteiger partial charge in [0.25, 0.3) is 0 Å². The SMILES string of the molecule is CC(C)(C)[Si](C)(C)O[C@@H]1C[C@H]2C=C[C@@H]1C2. The van der Waals surface area contributed by atoms with E-state index in [1.54, 1.807) is 0 Å². The van der Waals surface area contributed by atoms with E-state index in [2.05, 4.69) is 46.0 Å². The van der Waals surface area contributed by atoms with Crippen LogP contribution in [0.5, 0.6) is 0 Å². The molecule has 2 aliphatic carbocycles. The van der Waals surface area contributed by atoms with Crippen LogP contribution in [0.25, 0.3) is 0 Å². The Hall–Kier alpha value is -0.0831. The van der Waals surface area contributed by atoms with Gasteiger partial charge in [-0.15, -0.1) is 0 Å². The van der Waals surface area contributed by atoms with Crippen molar-refractivity contribution < 1.29 is 4.43 Å². The first-order chi connectivity index (χ1) is 6.79. The summed E-state index contributed by atoms with van der Waals surface area (Å²) in [5.41, 5.74) is 0. The van der Waals surface area contributed by atoms with Gasteiger partial charge in [0.15, 0.2) is 8.32 Å². The Bertz CT molecular complexity index is 275. The van der Waals surface area contributed by atoms with E-state index in [1.807, 2.05) is 0 Å². The van der Waals surface area contributed by atoms with Crippen molar-refractivity contribution in [2.24, 2.45) is 11.8 Å². The summed E-state index contributed by atoms with van der Waals surface area (Å²) in [5.74, 6) is 1.55. The van der Waals surface area contributed by atoms with Crippen molar-refractivity contribution in [1.82, 2.24) is 0 Å². The number of hydrogen-bond acceptors (Lipinski definition) is 1. The van der Waals surface area contributed by atoms with Crippen LogP contribution in [0.15, 0.2) is 12.2 Å². The third-order valence-electron chi connectivity index (χ3n) is 4.47. The van der Waals surface area contributed by atoms with Gasteiger partial charge < -0.3 is 4.43 Å². The summed E-state index contributed by atoms with van der Waals surface area (Å²) in [5, 5.41) is 0.346. The molecule has 0 aromatic heterocycles. The molecular weight excluding hydrogens is 200 g/mol. The fraction of sp³-hybridized carbons (Fsp3) is 0.846. The van der Waals surface area contributed by atoms with Crippen molar-refractivity contribution in [1.29, 1.82) is 0 Å². The van der Waals surface area contributed by atoms with Crippen molar-refractivity contribution in [3.05, 3.63) is 12.2 Å². The summed E-state index contributed by atoms with van der Waals surface area (Å²) in [6.45, 7) is 11.7. The predicted octanol–water partition coefficient (Wildman–Crippen LogP) is 3.97. The zero-order chi connectivity index (χ0) is 11.3. The fourth-order valence-corrected chi connectivity index (χ4v) is 3.80. The molecule has 3 atom stereocenters. The van der Waals surface area contributed by atoms with Crippen LogP contribution in [0.1, 0.15) is 33.6 Å². The Morgan fingerprint density at radius 3 is 2.20 bits per heavy atom. The van der Waals surface area contributed by atoms with Crippen LogP contribution in [0.3, 0.4) is 0 Å². The minimum atomic E-state index is -1.54. The Morgan fingerprint density at radius 1 is 1.13 bits per heavy atom. The van der Waals surface area contributed by atoms with Gasteiger partial charge in [0.05, 0.1) is 6.10 Å². The van der Waals surface area contributed by atoms with E-state index in [9.17, 15) is 0 Å². The minimum absolute atomic E-state index is 0.346. The Kier molecular flexibility index (Phi) is 2.63. The van der Waals surface area contributed by atoms with E-state index in [0.29, 0.717) is 11.1 Å². The van der Waals surface area contributed by atoms with Crippen LogP contribution >= 0.6 is 0 Å². The van der Waals surface area contributed by atoms with E-state index >= 15 is 0 Å². The second-order valence-electron chi connectivity index (χ2n) is 6.70. The third kappa shape index (κ3) is 2.07. The maximum atomic E-state index is 6.48. The molecule has 0 aromatic carbocycles. The van der Waals surface area contributed by atoms with Crippen molar-refractivity contribution in [2.75, 3.05) is 0 Å². The molecule has 2 aliphatic rings. The van der Waals surface area contributed by atoms with E-state index in [-0.39, 0.29) is 0 Å². The first-order valence-electron chi connectivity index (χ1n) is 6.16. The van der Waals surface area contributed by atoms with Gasteiger partial charge in [-0.05, 0) is 36.9 Å². The van der Waals surface area contributed by atoms with Gasteiger partial charge in [-0.25, -0.2) is 0 Å². The highest BCUT2D eigenvalue weighted by Gasteiger charge is 2.44. The minimum Gasteiger partial charge on any atom is -0.413 e. The molecule has 0 aromatic rings. The smallest absolute Gasteiger partial charge is 0.192 e. The zero-order valence-corrected chi connectivity index (χ0v) is 11.7.